The zero-order valence-corrected chi connectivity index (χ0v) is 12.4. The van der Waals surface area contributed by atoms with E-state index in [4.69, 9.17) is 26.8 Å². The molecule has 2 heterocycles. The minimum atomic E-state index is 0.00517. The van der Waals surface area contributed by atoms with E-state index in [-0.39, 0.29) is 11.6 Å². The molecule has 0 bridgehead atoms. The Bertz CT molecular complexity index is 437. The molecule has 2 unspecified atom stereocenters. The largest absolute Gasteiger partial charge is 0.381 e. The van der Waals surface area contributed by atoms with Crippen LogP contribution >= 0.6 is 11.6 Å². The van der Waals surface area contributed by atoms with Gasteiger partial charge in [-0.15, -0.1) is 0 Å². The molecule has 2 saturated heterocycles. The zero-order valence-electron chi connectivity index (χ0n) is 11.7. The van der Waals surface area contributed by atoms with Gasteiger partial charge in [0.05, 0.1) is 5.60 Å². The van der Waals surface area contributed by atoms with Crippen molar-refractivity contribution < 1.29 is 9.47 Å². The number of hydrogen-bond acceptors (Lipinski definition) is 3. The Hall–Kier alpha value is -0.610. The smallest absolute Gasteiger partial charge is 0.0729 e. The molecular formula is C16H22ClNO2. The van der Waals surface area contributed by atoms with E-state index in [0.29, 0.717) is 5.92 Å². The Morgan fingerprint density at radius 3 is 2.55 bits per heavy atom. The summed E-state index contributed by atoms with van der Waals surface area (Å²) in [4.78, 5) is 0. The van der Waals surface area contributed by atoms with Crippen LogP contribution in [0.4, 0.5) is 0 Å². The molecule has 2 aliphatic heterocycles. The minimum Gasteiger partial charge on any atom is -0.381 e. The van der Waals surface area contributed by atoms with Gasteiger partial charge in [0, 0.05) is 30.9 Å². The summed E-state index contributed by atoms with van der Waals surface area (Å²) >= 11 is 5.94. The summed E-state index contributed by atoms with van der Waals surface area (Å²) in [5, 5.41) is 0.758. The second-order valence-corrected chi connectivity index (χ2v) is 6.41. The van der Waals surface area contributed by atoms with Crippen molar-refractivity contribution >= 4 is 11.6 Å². The highest BCUT2D eigenvalue weighted by atomic mass is 35.5. The summed E-state index contributed by atoms with van der Waals surface area (Å²) in [6.45, 7) is 2.43. The van der Waals surface area contributed by atoms with Gasteiger partial charge in [0.15, 0.2) is 0 Å². The third kappa shape index (κ3) is 3.01. The fraction of sp³-hybridized carbons (Fsp3) is 0.625. The first-order valence-corrected chi connectivity index (χ1v) is 7.79. The third-order valence-electron chi connectivity index (χ3n) is 4.70. The predicted octanol–water partition coefficient (Wildman–Crippen LogP) is 3.32. The molecule has 0 amide bonds. The van der Waals surface area contributed by atoms with E-state index in [1.165, 1.54) is 5.56 Å². The van der Waals surface area contributed by atoms with Crippen LogP contribution in [0.25, 0.3) is 0 Å². The van der Waals surface area contributed by atoms with Gasteiger partial charge in [0.25, 0.3) is 0 Å². The van der Waals surface area contributed by atoms with Gasteiger partial charge in [0.2, 0.25) is 0 Å². The number of nitrogens with two attached hydrogens (primary N) is 1. The maximum absolute atomic E-state index is 6.48. The molecule has 20 heavy (non-hydrogen) atoms. The number of ether oxygens (including phenoxy) is 2. The fourth-order valence-electron chi connectivity index (χ4n) is 3.42. The van der Waals surface area contributed by atoms with E-state index in [2.05, 4.69) is 0 Å². The summed E-state index contributed by atoms with van der Waals surface area (Å²) in [6.07, 6.45) is 4.07. The average molecular weight is 296 g/mol. The van der Waals surface area contributed by atoms with Crippen molar-refractivity contribution in [1.29, 1.82) is 0 Å². The van der Waals surface area contributed by atoms with Crippen molar-refractivity contribution in [2.24, 2.45) is 11.7 Å². The van der Waals surface area contributed by atoms with E-state index in [9.17, 15) is 0 Å². The van der Waals surface area contributed by atoms with Gasteiger partial charge in [-0.1, -0.05) is 23.7 Å². The topological polar surface area (TPSA) is 44.5 Å². The van der Waals surface area contributed by atoms with Crippen molar-refractivity contribution in [1.82, 2.24) is 0 Å². The summed E-state index contributed by atoms with van der Waals surface area (Å²) in [5.41, 5.74) is 7.65. The molecule has 2 N–H and O–H groups in total. The quantitative estimate of drug-likeness (QED) is 0.910. The molecule has 0 saturated carbocycles. The number of hydrogen-bond donors (Lipinski definition) is 1. The Morgan fingerprint density at radius 1 is 1.15 bits per heavy atom. The molecule has 0 radical (unpaired) electrons. The molecule has 0 aromatic heterocycles. The highest BCUT2D eigenvalue weighted by Gasteiger charge is 2.40. The molecule has 3 nitrogen and oxygen atoms in total. The van der Waals surface area contributed by atoms with Crippen LogP contribution in [0.1, 0.15) is 37.3 Å². The maximum Gasteiger partial charge on any atom is 0.0729 e. The number of benzene rings is 1. The summed E-state index contributed by atoms with van der Waals surface area (Å²) < 4.78 is 11.5. The van der Waals surface area contributed by atoms with Crippen LogP contribution < -0.4 is 5.73 Å². The molecule has 2 aliphatic rings. The summed E-state index contributed by atoms with van der Waals surface area (Å²) in [7, 11) is 0. The zero-order chi connectivity index (χ0) is 14.0. The van der Waals surface area contributed by atoms with Crippen LogP contribution in [0.2, 0.25) is 5.02 Å². The molecule has 1 aromatic rings. The van der Waals surface area contributed by atoms with Gasteiger partial charge in [0.1, 0.15) is 0 Å². The third-order valence-corrected chi connectivity index (χ3v) is 4.95. The molecule has 0 aliphatic carbocycles. The predicted molar refractivity (Wildman–Crippen MR) is 79.8 cm³/mol. The number of halogens is 1. The Balaban J connectivity index is 1.71. The van der Waals surface area contributed by atoms with Crippen LogP contribution in [0, 0.1) is 5.92 Å². The first-order chi connectivity index (χ1) is 9.69. The van der Waals surface area contributed by atoms with Gasteiger partial charge in [-0.25, -0.2) is 0 Å². The van der Waals surface area contributed by atoms with E-state index in [1.54, 1.807) is 0 Å². The summed E-state index contributed by atoms with van der Waals surface area (Å²) in [6, 6.07) is 7.98. The molecule has 110 valence electrons. The van der Waals surface area contributed by atoms with Crippen LogP contribution in [0.5, 0.6) is 0 Å². The lowest BCUT2D eigenvalue weighted by molar-refractivity contribution is -0.149. The fourth-order valence-corrected chi connectivity index (χ4v) is 3.55. The lowest BCUT2D eigenvalue weighted by Crippen LogP contribution is -2.46. The second-order valence-electron chi connectivity index (χ2n) is 5.97. The minimum absolute atomic E-state index is 0.00517. The van der Waals surface area contributed by atoms with E-state index in [0.717, 1.165) is 50.5 Å². The Morgan fingerprint density at radius 2 is 1.85 bits per heavy atom. The van der Waals surface area contributed by atoms with Gasteiger partial charge in [-0.2, -0.15) is 0 Å². The molecule has 1 aromatic carbocycles. The molecule has 2 atom stereocenters. The van der Waals surface area contributed by atoms with Crippen LogP contribution in [-0.2, 0) is 9.47 Å². The molecule has 1 spiro atoms. The van der Waals surface area contributed by atoms with Gasteiger partial charge in [-0.3, -0.25) is 0 Å². The summed E-state index contributed by atoms with van der Waals surface area (Å²) in [5.74, 6) is 0.475. The molecule has 4 heteroatoms. The van der Waals surface area contributed by atoms with E-state index in [1.807, 2.05) is 24.3 Å². The van der Waals surface area contributed by atoms with Crippen molar-refractivity contribution in [3.8, 4) is 0 Å². The standard InChI is InChI=1S/C16H22ClNO2/c17-14-3-1-12(2-4-14)15(18)13-5-8-20-16(11-13)6-9-19-10-7-16/h1-4,13,15H,5-11,18H2. The van der Waals surface area contributed by atoms with E-state index >= 15 is 0 Å². The van der Waals surface area contributed by atoms with Crippen LogP contribution in [-0.4, -0.2) is 25.4 Å². The van der Waals surface area contributed by atoms with Crippen LogP contribution in [0.15, 0.2) is 24.3 Å². The normalized spacial score (nSPS) is 27.4. The van der Waals surface area contributed by atoms with Crippen molar-refractivity contribution in [3.63, 3.8) is 0 Å². The first kappa shape index (κ1) is 14.3. The van der Waals surface area contributed by atoms with Crippen molar-refractivity contribution in [2.75, 3.05) is 19.8 Å². The SMILES string of the molecule is NC(c1ccc(Cl)cc1)C1CCOC2(CCOCC2)C1. The molecule has 2 fully saturated rings. The monoisotopic (exact) mass is 295 g/mol. The Kier molecular flexibility index (Phi) is 4.32. The maximum atomic E-state index is 6.48. The lowest BCUT2D eigenvalue weighted by atomic mass is 9.76. The highest BCUT2D eigenvalue weighted by Crippen LogP contribution is 2.41. The van der Waals surface area contributed by atoms with Gasteiger partial charge < -0.3 is 15.2 Å². The van der Waals surface area contributed by atoms with Crippen molar-refractivity contribution in [3.05, 3.63) is 34.9 Å². The van der Waals surface area contributed by atoms with Gasteiger partial charge in [-0.05, 0) is 49.3 Å². The number of rotatable bonds is 2. The average Bonchev–Trinajstić information content (AvgIpc) is 2.48. The van der Waals surface area contributed by atoms with Crippen molar-refractivity contribution in [2.45, 2.75) is 37.3 Å². The van der Waals surface area contributed by atoms with E-state index < -0.39 is 0 Å². The van der Waals surface area contributed by atoms with Gasteiger partial charge >= 0.3 is 0 Å². The highest BCUT2D eigenvalue weighted by molar-refractivity contribution is 6.30. The molecule has 3 rings (SSSR count). The van der Waals surface area contributed by atoms with Crippen LogP contribution in [0.3, 0.4) is 0 Å². The lowest BCUT2D eigenvalue weighted by Gasteiger charge is -2.44. The Labute approximate surface area is 125 Å². The first-order valence-electron chi connectivity index (χ1n) is 7.41. The second kappa shape index (κ2) is 6.02. The molecular weight excluding hydrogens is 274 g/mol.